The van der Waals surface area contributed by atoms with E-state index in [1.165, 1.54) is 6.42 Å². The molecule has 0 unspecified atom stereocenters. The smallest absolute Gasteiger partial charge is 0.191 e. The van der Waals surface area contributed by atoms with Crippen LogP contribution in [0.2, 0.25) is 18.1 Å². The summed E-state index contributed by atoms with van der Waals surface area (Å²) in [7, 11) is -1.68. The average Bonchev–Trinajstić information content (AvgIpc) is 2.24. The van der Waals surface area contributed by atoms with Crippen LogP contribution in [0.4, 0.5) is 0 Å². The molecule has 1 rings (SSSR count). The number of Topliss-reactive ketones (excluding diaryl/α,β-unsaturated/α-hetero) is 1. The number of hydrogen-bond acceptors (Lipinski definition) is 2. The summed E-state index contributed by atoms with van der Waals surface area (Å²) in [6.45, 7) is 16.4. The number of carbonyl (C=O) groups excluding carboxylic acids is 1. The standard InChI is InChI=1S/C16H32O2Si/c1-13-9-8-10-14(17)16(13,5)11-12-18-19(6,7)15(2,3)4/h13H,8-12H2,1-7H3/t13-,16+/m1/s1. The summed E-state index contributed by atoms with van der Waals surface area (Å²) in [6.07, 6.45) is 3.90. The summed E-state index contributed by atoms with van der Waals surface area (Å²) >= 11 is 0. The molecule has 0 aliphatic heterocycles. The molecule has 2 atom stereocenters. The largest absolute Gasteiger partial charge is 0.417 e. The molecule has 19 heavy (non-hydrogen) atoms. The van der Waals surface area contributed by atoms with Crippen LogP contribution in [-0.4, -0.2) is 20.7 Å². The molecule has 1 saturated carbocycles. The normalized spacial score (nSPS) is 29.6. The van der Waals surface area contributed by atoms with Crippen molar-refractivity contribution in [3.63, 3.8) is 0 Å². The van der Waals surface area contributed by atoms with Crippen LogP contribution in [-0.2, 0) is 9.22 Å². The Morgan fingerprint density at radius 3 is 2.42 bits per heavy atom. The molecule has 2 nitrogen and oxygen atoms in total. The number of ketones is 1. The van der Waals surface area contributed by atoms with E-state index in [2.05, 4.69) is 47.7 Å². The van der Waals surface area contributed by atoms with Crippen LogP contribution < -0.4 is 0 Å². The highest BCUT2D eigenvalue weighted by atomic mass is 28.4. The second-order valence-corrected chi connectivity index (χ2v) is 12.8. The Morgan fingerprint density at radius 2 is 1.95 bits per heavy atom. The first-order valence-corrected chi connectivity index (χ1v) is 10.6. The second kappa shape index (κ2) is 5.69. The van der Waals surface area contributed by atoms with Crippen LogP contribution in [0.15, 0.2) is 0 Å². The minimum absolute atomic E-state index is 0.152. The van der Waals surface area contributed by atoms with Crippen molar-refractivity contribution in [1.82, 2.24) is 0 Å². The molecule has 0 aromatic rings. The molecule has 0 N–H and O–H groups in total. The fourth-order valence-corrected chi connectivity index (χ4v) is 3.61. The van der Waals surface area contributed by atoms with Crippen LogP contribution in [0.5, 0.6) is 0 Å². The number of hydrogen-bond donors (Lipinski definition) is 0. The summed E-state index contributed by atoms with van der Waals surface area (Å²) in [5.74, 6) is 0.946. The lowest BCUT2D eigenvalue weighted by molar-refractivity contribution is -0.134. The predicted octanol–water partition coefficient (Wildman–Crippen LogP) is 4.79. The monoisotopic (exact) mass is 284 g/mol. The van der Waals surface area contributed by atoms with Gasteiger partial charge in [-0.25, -0.2) is 0 Å². The van der Waals surface area contributed by atoms with Crippen LogP contribution in [0.3, 0.4) is 0 Å². The molecule has 1 aliphatic carbocycles. The Hall–Kier alpha value is -0.153. The third-order valence-corrected chi connectivity index (χ3v) is 10.2. The van der Waals surface area contributed by atoms with E-state index in [0.717, 1.165) is 25.9 Å². The van der Waals surface area contributed by atoms with E-state index in [4.69, 9.17) is 4.43 Å². The fraction of sp³-hybridized carbons (Fsp3) is 0.938. The van der Waals surface area contributed by atoms with Gasteiger partial charge in [0.2, 0.25) is 0 Å². The highest BCUT2D eigenvalue weighted by Crippen LogP contribution is 2.42. The van der Waals surface area contributed by atoms with Gasteiger partial charge in [0.1, 0.15) is 5.78 Å². The third kappa shape index (κ3) is 3.69. The molecule has 0 amide bonds. The molecule has 0 saturated heterocycles. The average molecular weight is 285 g/mol. The van der Waals surface area contributed by atoms with Gasteiger partial charge in [-0.1, -0.05) is 34.6 Å². The summed E-state index contributed by atoms with van der Waals surface area (Å²) in [5.41, 5.74) is -0.152. The second-order valence-electron chi connectivity index (χ2n) is 7.99. The van der Waals surface area contributed by atoms with Gasteiger partial charge in [-0.2, -0.15) is 0 Å². The van der Waals surface area contributed by atoms with E-state index >= 15 is 0 Å². The molecule has 3 heteroatoms. The van der Waals surface area contributed by atoms with Crippen molar-refractivity contribution < 1.29 is 9.22 Å². The van der Waals surface area contributed by atoms with E-state index in [-0.39, 0.29) is 10.5 Å². The Labute approximate surface area is 120 Å². The van der Waals surface area contributed by atoms with Crippen LogP contribution in [0.1, 0.15) is 60.3 Å². The highest BCUT2D eigenvalue weighted by molar-refractivity contribution is 6.74. The van der Waals surface area contributed by atoms with Gasteiger partial charge in [0.25, 0.3) is 0 Å². The van der Waals surface area contributed by atoms with Crippen LogP contribution >= 0.6 is 0 Å². The van der Waals surface area contributed by atoms with E-state index < -0.39 is 8.32 Å². The minimum atomic E-state index is -1.68. The summed E-state index contributed by atoms with van der Waals surface area (Å²) < 4.78 is 6.25. The van der Waals surface area contributed by atoms with Crippen molar-refractivity contribution in [2.45, 2.75) is 78.4 Å². The number of carbonyl (C=O) groups is 1. The Kier molecular flexibility index (Phi) is 5.06. The molecule has 0 heterocycles. The fourth-order valence-electron chi connectivity index (χ4n) is 2.57. The van der Waals surface area contributed by atoms with Crippen molar-refractivity contribution in [2.75, 3.05) is 6.61 Å². The maximum atomic E-state index is 12.2. The van der Waals surface area contributed by atoms with Gasteiger partial charge < -0.3 is 4.43 Å². The predicted molar refractivity (Wildman–Crippen MR) is 83.9 cm³/mol. The molecule has 1 aliphatic rings. The van der Waals surface area contributed by atoms with Crippen molar-refractivity contribution in [3.8, 4) is 0 Å². The van der Waals surface area contributed by atoms with Crippen molar-refractivity contribution in [2.24, 2.45) is 11.3 Å². The van der Waals surface area contributed by atoms with Gasteiger partial charge in [-0.15, -0.1) is 0 Å². The lowest BCUT2D eigenvalue weighted by Gasteiger charge is -2.41. The zero-order valence-corrected chi connectivity index (χ0v) is 14.9. The molecular weight excluding hydrogens is 252 g/mol. The Bertz CT molecular complexity index is 330. The maximum absolute atomic E-state index is 12.2. The summed E-state index contributed by atoms with van der Waals surface area (Å²) in [5, 5.41) is 0.246. The molecule has 0 aromatic heterocycles. The molecular formula is C16H32O2Si. The van der Waals surface area contributed by atoms with Crippen molar-refractivity contribution in [3.05, 3.63) is 0 Å². The van der Waals surface area contributed by atoms with E-state index in [0.29, 0.717) is 11.7 Å². The van der Waals surface area contributed by atoms with Gasteiger partial charge in [-0.3, -0.25) is 4.79 Å². The summed E-state index contributed by atoms with van der Waals surface area (Å²) in [4.78, 5) is 12.2. The molecule has 0 spiro atoms. The van der Waals surface area contributed by atoms with Gasteiger partial charge in [0, 0.05) is 18.4 Å². The number of rotatable bonds is 4. The van der Waals surface area contributed by atoms with Gasteiger partial charge in [0.05, 0.1) is 0 Å². The lowest BCUT2D eigenvalue weighted by Crippen LogP contribution is -2.43. The van der Waals surface area contributed by atoms with Crippen LogP contribution in [0.25, 0.3) is 0 Å². The van der Waals surface area contributed by atoms with Crippen molar-refractivity contribution >= 4 is 14.1 Å². The summed E-state index contributed by atoms with van der Waals surface area (Å²) in [6, 6.07) is 0. The third-order valence-electron chi connectivity index (χ3n) is 5.66. The molecule has 0 radical (unpaired) electrons. The Morgan fingerprint density at radius 1 is 1.37 bits per heavy atom. The molecule has 0 bridgehead atoms. The quantitative estimate of drug-likeness (QED) is 0.694. The zero-order valence-electron chi connectivity index (χ0n) is 13.9. The minimum Gasteiger partial charge on any atom is -0.417 e. The topological polar surface area (TPSA) is 26.3 Å². The molecule has 1 fully saturated rings. The lowest BCUT2D eigenvalue weighted by atomic mass is 9.66. The van der Waals surface area contributed by atoms with Crippen LogP contribution in [0, 0.1) is 11.3 Å². The first-order chi connectivity index (χ1) is 8.51. The first-order valence-electron chi connectivity index (χ1n) is 7.68. The zero-order chi connectivity index (χ0) is 14.9. The van der Waals surface area contributed by atoms with Gasteiger partial charge >= 0.3 is 0 Å². The first kappa shape index (κ1) is 16.9. The van der Waals surface area contributed by atoms with Gasteiger partial charge in [-0.05, 0) is 43.3 Å². The van der Waals surface area contributed by atoms with E-state index in [1.807, 2.05) is 0 Å². The SMILES string of the molecule is C[C@@H]1CCCC(=O)[C@@]1(C)CCO[Si](C)(C)C(C)(C)C. The molecule has 112 valence electrons. The van der Waals surface area contributed by atoms with E-state index in [9.17, 15) is 4.79 Å². The van der Waals surface area contributed by atoms with Gasteiger partial charge in [0.15, 0.2) is 8.32 Å². The maximum Gasteiger partial charge on any atom is 0.191 e. The van der Waals surface area contributed by atoms with E-state index in [1.54, 1.807) is 0 Å². The van der Waals surface area contributed by atoms with Crippen molar-refractivity contribution in [1.29, 1.82) is 0 Å². The highest BCUT2D eigenvalue weighted by Gasteiger charge is 2.42. The molecule has 0 aromatic carbocycles. The Balaban J connectivity index is 2.59.